The number of rotatable bonds is 2. The molecule has 0 saturated heterocycles. The van der Waals surface area contributed by atoms with Crippen LogP contribution < -0.4 is 0 Å². The fraction of sp³-hybridized carbons (Fsp3) is 0.636. The molecular formula is C11H16O3. The van der Waals surface area contributed by atoms with E-state index in [9.17, 15) is 9.59 Å². The first-order valence-corrected chi connectivity index (χ1v) is 4.58. The van der Waals surface area contributed by atoms with Gasteiger partial charge in [0.25, 0.3) is 0 Å². The van der Waals surface area contributed by atoms with Gasteiger partial charge >= 0.3 is 5.97 Å². The van der Waals surface area contributed by atoms with E-state index in [0.717, 1.165) is 0 Å². The summed E-state index contributed by atoms with van der Waals surface area (Å²) in [5.74, 6) is 4.06. The Balaban J connectivity index is 4.02. The second-order valence-electron chi connectivity index (χ2n) is 3.84. The van der Waals surface area contributed by atoms with Gasteiger partial charge in [-0.2, -0.15) is 0 Å². The Hall–Kier alpha value is -1.30. The smallest absolute Gasteiger partial charge is 0.314 e. The van der Waals surface area contributed by atoms with Crippen molar-refractivity contribution in [3.8, 4) is 11.8 Å². The summed E-state index contributed by atoms with van der Waals surface area (Å²) in [4.78, 5) is 22.1. The maximum Gasteiger partial charge on any atom is 0.314 e. The van der Waals surface area contributed by atoms with Crippen LogP contribution in [0.4, 0.5) is 0 Å². The van der Waals surface area contributed by atoms with Crippen molar-refractivity contribution in [2.24, 2.45) is 0 Å². The van der Waals surface area contributed by atoms with Crippen molar-refractivity contribution >= 4 is 11.8 Å². The van der Waals surface area contributed by atoms with Crippen LogP contribution in [0, 0.1) is 11.8 Å². The van der Waals surface area contributed by atoms with Crippen LogP contribution in [-0.4, -0.2) is 17.4 Å². The van der Waals surface area contributed by atoms with Gasteiger partial charge in [-0.1, -0.05) is 12.8 Å². The van der Waals surface area contributed by atoms with Gasteiger partial charge < -0.3 is 4.74 Å². The zero-order valence-corrected chi connectivity index (χ0v) is 9.14. The van der Waals surface area contributed by atoms with Crippen LogP contribution in [-0.2, 0) is 14.3 Å². The highest BCUT2D eigenvalue weighted by Gasteiger charge is 2.17. The van der Waals surface area contributed by atoms with E-state index in [1.807, 2.05) is 6.92 Å². The van der Waals surface area contributed by atoms with Gasteiger partial charge in [0.2, 0.25) is 5.78 Å². The molecule has 0 amide bonds. The Kier molecular flexibility index (Phi) is 4.93. The Morgan fingerprint density at radius 3 is 2.29 bits per heavy atom. The number of carbonyl (C=O) groups is 2. The molecule has 0 aliphatic rings. The third-order valence-corrected chi connectivity index (χ3v) is 1.13. The van der Waals surface area contributed by atoms with Crippen molar-refractivity contribution in [1.82, 2.24) is 0 Å². The topological polar surface area (TPSA) is 43.4 Å². The molecule has 0 aromatic carbocycles. The number of esters is 1. The minimum absolute atomic E-state index is 0.260. The first-order chi connectivity index (χ1) is 6.35. The van der Waals surface area contributed by atoms with Crippen LogP contribution >= 0.6 is 0 Å². The van der Waals surface area contributed by atoms with E-state index in [1.54, 1.807) is 20.8 Å². The van der Waals surface area contributed by atoms with Crippen LogP contribution in [0.25, 0.3) is 0 Å². The average molecular weight is 196 g/mol. The molecule has 3 nitrogen and oxygen atoms in total. The largest absolute Gasteiger partial charge is 0.460 e. The van der Waals surface area contributed by atoms with Crippen molar-refractivity contribution < 1.29 is 14.3 Å². The van der Waals surface area contributed by atoms with E-state index in [-0.39, 0.29) is 12.2 Å². The first-order valence-electron chi connectivity index (χ1n) is 4.58. The molecule has 0 aromatic rings. The quantitative estimate of drug-likeness (QED) is 0.292. The molecule has 78 valence electrons. The summed E-state index contributed by atoms with van der Waals surface area (Å²) in [6.07, 6.45) is 0.352. The Labute approximate surface area is 84.8 Å². The van der Waals surface area contributed by atoms with Gasteiger partial charge in [0.05, 0.1) is 0 Å². The molecule has 0 saturated carbocycles. The second-order valence-corrected chi connectivity index (χ2v) is 3.84. The summed E-state index contributed by atoms with van der Waals surface area (Å²) in [5, 5.41) is 0. The third kappa shape index (κ3) is 7.35. The predicted molar refractivity (Wildman–Crippen MR) is 53.5 cm³/mol. The lowest BCUT2D eigenvalue weighted by Crippen LogP contribution is -2.25. The summed E-state index contributed by atoms with van der Waals surface area (Å²) in [6.45, 7) is 7.11. The molecule has 0 bridgehead atoms. The van der Waals surface area contributed by atoms with Gasteiger partial charge in [0.1, 0.15) is 12.0 Å². The summed E-state index contributed by atoms with van der Waals surface area (Å²) in [5.41, 5.74) is -0.546. The highest BCUT2D eigenvalue weighted by Crippen LogP contribution is 2.08. The number of hydrogen-bond donors (Lipinski definition) is 0. The molecule has 0 unspecified atom stereocenters. The molecular weight excluding hydrogens is 180 g/mol. The molecule has 0 heterocycles. The Morgan fingerprint density at radius 1 is 1.29 bits per heavy atom. The molecule has 0 aliphatic heterocycles. The van der Waals surface area contributed by atoms with E-state index in [4.69, 9.17) is 4.74 Å². The van der Waals surface area contributed by atoms with Crippen LogP contribution in [0.3, 0.4) is 0 Å². The highest BCUT2D eigenvalue weighted by atomic mass is 16.6. The van der Waals surface area contributed by atoms with Gasteiger partial charge in [-0.05, 0) is 26.7 Å². The molecule has 0 N–H and O–H groups in total. The summed E-state index contributed by atoms with van der Waals surface area (Å²) in [7, 11) is 0. The first kappa shape index (κ1) is 12.7. The van der Waals surface area contributed by atoms with E-state index < -0.39 is 11.6 Å². The third-order valence-electron chi connectivity index (χ3n) is 1.13. The molecule has 14 heavy (non-hydrogen) atoms. The van der Waals surface area contributed by atoms with Crippen molar-refractivity contribution in [3.05, 3.63) is 0 Å². The fourth-order valence-electron chi connectivity index (χ4n) is 0.740. The van der Waals surface area contributed by atoms with E-state index in [2.05, 4.69) is 11.8 Å². The SMILES string of the molecule is CCC#CC(=O)CC(=O)OC(C)(C)C. The minimum atomic E-state index is -0.546. The fourth-order valence-corrected chi connectivity index (χ4v) is 0.740. The lowest BCUT2D eigenvalue weighted by Gasteiger charge is -2.18. The maximum atomic E-state index is 11.1. The van der Waals surface area contributed by atoms with Gasteiger partial charge in [-0.15, -0.1) is 0 Å². The van der Waals surface area contributed by atoms with Gasteiger partial charge in [-0.25, -0.2) is 0 Å². The van der Waals surface area contributed by atoms with Crippen molar-refractivity contribution in [2.75, 3.05) is 0 Å². The summed E-state index contributed by atoms with van der Waals surface area (Å²) < 4.78 is 4.96. The summed E-state index contributed by atoms with van der Waals surface area (Å²) >= 11 is 0. The molecule has 0 radical (unpaired) electrons. The number of ether oxygens (including phenoxy) is 1. The van der Waals surface area contributed by atoms with E-state index >= 15 is 0 Å². The molecule has 0 aromatic heterocycles. The van der Waals surface area contributed by atoms with Crippen LogP contribution in [0.15, 0.2) is 0 Å². The van der Waals surface area contributed by atoms with E-state index in [1.165, 1.54) is 0 Å². The second kappa shape index (κ2) is 5.43. The number of carbonyl (C=O) groups excluding carboxylic acids is 2. The predicted octanol–water partition coefficient (Wildman–Crippen LogP) is 1.70. The normalized spacial score (nSPS) is 10.0. The Bertz CT molecular complexity index is 273. The van der Waals surface area contributed by atoms with Crippen molar-refractivity contribution in [3.63, 3.8) is 0 Å². The highest BCUT2D eigenvalue weighted by molar-refractivity contribution is 6.05. The zero-order valence-electron chi connectivity index (χ0n) is 9.14. The van der Waals surface area contributed by atoms with Gasteiger partial charge in [0.15, 0.2) is 0 Å². The molecule has 0 atom stereocenters. The Morgan fingerprint density at radius 2 is 1.86 bits per heavy atom. The zero-order chi connectivity index (χ0) is 11.2. The van der Waals surface area contributed by atoms with Crippen LogP contribution in [0.2, 0.25) is 0 Å². The monoisotopic (exact) mass is 196 g/mol. The average Bonchev–Trinajstić information content (AvgIpc) is 1.96. The lowest BCUT2D eigenvalue weighted by molar-refractivity contribution is -0.155. The molecule has 3 heteroatoms. The number of Topliss-reactive ketones (excluding diaryl/α,β-unsaturated/α-hetero) is 1. The maximum absolute atomic E-state index is 11.1. The lowest BCUT2D eigenvalue weighted by atomic mass is 10.2. The standard InChI is InChI=1S/C11H16O3/c1-5-6-7-9(12)8-10(13)14-11(2,3)4/h5,8H2,1-4H3. The summed E-state index contributed by atoms with van der Waals surface area (Å²) in [6, 6.07) is 0. The van der Waals surface area contributed by atoms with Crippen molar-refractivity contribution in [1.29, 1.82) is 0 Å². The number of ketones is 1. The van der Waals surface area contributed by atoms with Gasteiger partial charge in [0, 0.05) is 6.42 Å². The van der Waals surface area contributed by atoms with Crippen LogP contribution in [0.1, 0.15) is 40.5 Å². The molecule has 0 rings (SSSR count). The van der Waals surface area contributed by atoms with Gasteiger partial charge in [-0.3, -0.25) is 9.59 Å². The van der Waals surface area contributed by atoms with Crippen molar-refractivity contribution in [2.45, 2.75) is 46.1 Å². The molecule has 0 fully saturated rings. The molecule has 0 aliphatic carbocycles. The minimum Gasteiger partial charge on any atom is -0.460 e. The van der Waals surface area contributed by atoms with E-state index in [0.29, 0.717) is 6.42 Å². The number of hydrogen-bond acceptors (Lipinski definition) is 3. The molecule has 0 spiro atoms. The van der Waals surface area contributed by atoms with Crippen LogP contribution in [0.5, 0.6) is 0 Å².